The molecular weight excluding hydrogens is 432 g/mol. The van der Waals surface area contributed by atoms with E-state index in [1.165, 1.54) is 89.9 Å². The quantitative estimate of drug-likeness (QED) is 0.0687. The molecule has 0 aliphatic heterocycles. The lowest BCUT2D eigenvalue weighted by Crippen LogP contribution is -2.09. The van der Waals surface area contributed by atoms with Gasteiger partial charge in [-0.25, -0.2) is 4.79 Å². The number of carbonyl (C=O) groups excluding carboxylic acids is 1. The summed E-state index contributed by atoms with van der Waals surface area (Å²) in [5.74, 6) is 0. The van der Waals surface area contributed by atoms with Crippen LogP contribution in [0.3, 0.4) is 0 Å². The van der Waals surface area contributed by atoms with Crippen molar-refractivity contribution in [3.8, 4) is 0 Å². The van der Waals surface area contributed by atoms with Crippen molar-refractivity contribution >= 4 is 6.16 Å². The SMILES string of the molecule is CC/C=C\C/C=C\C/C=C\CCCCCCCCOC(=O)OCCCCCCCCCCCCC. The summed E-state index contributed by atoms with van der Waals surface area (Å²) in [6, 6.07) is 0. The Morgan fingerprint density at radius 2 is 0.886 bits per heavy atom. The van der Waals surface area contributed by atoms with E-state index in [2.05, 4.69) is 50.3 Å². The van der Waals surface area contributed by atoms with Crippen LogP contribution < -0.4 is 0 Å². The molecule has 0 amide bonds. The molecule has 0 fully saturated rings. The zero-order valence-corrected chi connectivity index (χ0v) is 23.5. The maximum Gasteiger partial charge on any atom is 0.508 e. The molecule has 0 heterocycles. The fourth-order valence-corrected chi connectivity index (χ4v) is 4.02. The van der Waals surface area contributed by atoms with Crippen molar-refractivity contribution in [2.75, 3.05) is 13.2 Å². The zero-order chi connectivity index (χ0) is 25.5. The van der Waals surface area contributed by atoms with Crippen molar-refractivity contribution in [2.45, 2.75) is 149 Å². The van der Waals surface area contributed by atoms with Crippen LogP contribution in [0.25, 0.3) is 0 Å². The normalized spacial score (nSPS) is 11.8. The van der Waals surface area contributed by atoms with Gasteiger partial charge in [-0.1, -0.05) is 140 Å². The molecule has 0 bridgehead atoms. The lowest BCUT2D eigenvalue weighted by atomic mass is 10.1. The van der Waals surface area contributed by atoms with Gasteiger partial charge in [0.2, 0.25) is 0 Å². The van der Waals surface area contributed by atoms with E-state index in [1.54, 1.807) is 0 Å². The molecule has 0 spiro atoms. The summed E-state index contributed by atoms with van der Waals surface area (Å²) >= 11 is 0. The largest absolute Gasteiger partial charge is 0.508 e. The highest BCUT2D eigenvalue weighted by Gasteiger charge is 2.03. The summed E-state index contributed by atoms with van der Waals surface area (Å²) < 4.78 is 10.4. The molecule has 35 heavy (non-hydrogen) atoms. The Balaban J connectivity index is 3.24. The molecule has 0 aliphatic rings. The third kappa shape index (κ3) is 30.5. The highest BCUT2D eigenvalue weighted by molar-refractivity contribution is 5.59. The molecule has 0 radical (unpaired) electrons. The Hall–Kier alpha value is -1.51. The molecule has 0 N–H and O–H groups in total. The number of carbonyl (C=O) groups is 1. The molecule has 0 aromatic rings. The van der Waals surface area contributed by atoms with E-state index in [0.29, 0.717) is 13.2 Å². The zero-order valence-electron chi connectivity index (χ0n) is 23.5. The number of hydrogen-bond acceptors (Lipinski definition) is 3. The predicted molar refractivity (Wildman–Crippen MR) is 153 cm³/mol. The highest BCUT2D eigenvalue weighted by Crippen LogP contribution is 2.11. The standard InChI is InChI=1S/C32H58O3/c1-3-5-7-9-11-13-15-16-17-18-19-21-23-25-27-29-31-35-32(33)34-30-28-26-24-22-20-14-12-10-8-6-4-2/h5,7,11,13,16-17H,3-4,6,8-10,12,14-15,18-31H2,1-2H3/b7-5-,13-11-,17-16-. The van der Waals surface area contributed by atoms with E-state index in [4.69, 9.17) is 9.47 Å². The van der Waals surface area contributed by atoms with E-state index in [0.717, 1.165) is 44.9 Å². The minimum atomic E-state index is -0.490. The molecular formula is C32H58O3. The average molecular weight is 491 g/mol. The van der Waals surface area contributed by atoms with E-state index >= 15 is 0 Å². The second kappa shape index (κ2) is 30.5. The van der Waals surface area contributed by atoms with Crippen LogP contribution in [0.1, 0.15) is 149 Å². The number of allylic oxidation sites excluding steroid dienone is 6. The van der Waals surface area contributed by atoms with Gasteiger partial charge < -0.3 is 9.47 Å². The van der Waals surface area contributed by atoms with E-state index in [-0.39, 0.29) is 0 Å². The van der Waals surface area contributed by atoms with Gasteiger partial charge in [-0.2, -0.15) is 0 Å². The maximum atomic E-state index is 11.6. The summed E-state index contributed by atoms with van der Waals surface area (Å²) in [6.45, 7) is 5.41. The smallest absolute Gasteiger partial charge is 0.434 e. The van der Waals surface area contributed by atoms with Crippen molar-refractivity contribution < 1.29 is 14.3 Å². The van der Waals surface area contributed by atoms with Crippen molar-refractivity contribution in [3.05, 3.63) is 36.5 Å². The lowest BCUT2D eigenvalue weighted by molar-refractivity contribution is 0.0529. The third-order valence-electron chi connectivity index (χ3n) is 6.23. The molecule has 0 aromatic carbocycles. The van der Waals surface area contributed by atoms with E-state index in [1.807, 2.05) is 0 Å². The van der Waals surface area contributed by atoms with Crippen LogP contribution in [0.5, 0.6) is 0 Å². The molecule has 204 valence electrons. The Bertz CT molecular complexity index is 507. The lowest BCUT2D eigenvalue weighted by Gasteiger charge is -2.06. The fraction of sp³-hybridized carbons (Fsp3) is 0.781. The first-order chi connectivity index (χ1) is 17.3. The van der Waals surface area contributed by atoms with Gasteiger partial charge in [0.15, 0.2) is 0 Å². The maximum absolute atomic E-state index is 11.6. The van der Waals surface area contributed by atoms with Crippen LogP contribution in [0.2, 0.25) is 0 Å². The highest BCUT2D eigenvalue weighted by atomic mass is 16.7. The molecule has 0 atom stereocenters. The summed E-state index contributed by atoms with van der Waals surface area (Å²) in [5.41, 5.74) is 0. The van der Waals surface area contributed by atoms with Crippen molar-refractivity contribution in [2.24, 2.45) is 0 Å². The summed E-state index contributed by atoms with van der Waals surface area (Å²) in [5, 5.41) is 0. The van der Waals surface area contributed by atoms with E-state index in [9.17, 15) is 4.79 Å². The van der Waals surface area contributed by atoms with Gasteiger partial charge >= 0.3 is 6.16 Å². The summed E-state index contributed by atoms with van der Waals surface area (Å²) in [6.07, 6.45) is 38.8. The molecule has 0 unspecified atom stereocenters. The molecule has 0 aliphatic carbocycles. The first-order valence-corrected chi connectivity index (χ1v) is 15.1. The number of unbranched alkanes of at least 4 members (excludes halogenated alkanes) is 16. The van der Waals surface area contributed by atoms with Crippen molar-refractivity contribution in [1.82, 2.24) is 0 Å². The van der Waals surface area contributed by atoms with Gasteiger partial charge in [0, 0.05) is 0 Å². The Morgan fingerprint density at radius 1 is 0.486 bits per heavy atom. The van der Waals surface area contributed by atoms with Crippen LogP contribution in [0.15, 0.2) is 36.5 Å². The molecule has 0 rings (SSSR count). The Kier molecular flexibility index (Phi) is 29.2. The molecule has 0 saturated heterocycles. The predicted octanol–water partition coefficient (Wildman–Crippen LogP) is 11.0. The van der Waals surface area contributed by atoms with Gasteiger partial charge in [0.1, 0.15) is 0 Å². The average Bonchev–Trinajstić information content (AvgIpc) is 2.86. The second-order valence-corrected chi connectivity index (χ2v) is 9.69. The first-order valence-electron chi connectivity index (χ1n) is 15.1. The topological polar surface area (TPSA) is 35.5 Å². The van der Waals surface area contributed by atoms with Gasteiger partial charge in [-0.05, 0) is 44.9 Å². The molecule has 0 saturated carbocycles. The molecule has 0 aromatic heterocycles. The van der Waals surface area contributed by atoms with Crippen LogP contribution in [-0.2, 0) is 9.47 Å². The van der Waals surface area contributed by atoms with Crippen LogP contribution in [-0.4, -0.2) is 19.4 Å². The van der Waals surface area contributed by atoms with Gasteiger partial charge in [-0.3, -0.25) is 0 Å². The summed E-state index contributed by atoms with van der Waals surface area (Å²) in [4.78, 5) is 11.6. The third-order valence-corrected chi connectivity index (χ3v) is 6.23. The minimum absolute atomic E-state index is 0.488. The minimum Gasteiger partial charge on any atom is -0.434 e. The van der Waals surface area contributed by atoms with E-state index < -0.39 is 6.16 Å². The van der Waals surface area contributed by atoms with Crippen molar-refractivity contribution in [3.63, 3.8) is 0 Å². The van der Waals surface area contributed by atoms with Crippen molar-refractivity contribution in [1.29, 1.82) is 0 Å². The van der Waals surface area contributed by atoms with Gasteiger partial charge in [0.25, 0.3) is 0 Å². The van der Waals surface area contributed by atoms with Gasteiger partial charge in [0.05, 0.1) is 13.2 Å². The number of hydrogen-bond donors (Lipinski definition) is 0. The Labute approximate surface area is 218 Å². The molecule has 3 heteroatoms. The van der Waals surface area contributed by atoms with Gasteiger partial charge in [-0.15, -0.1) is 0 Å². The Morgan fingerprint density at radius 3 is 1.37 bits per heavy atom. The van der Waals surface area contributed by atoms with Crippen LogP contribution >= 0.6 is 0 Å². The van der Waals surface area contributed by atoms with Crippen LogP contribution in [0, 0.1) is 0 Å². The summed E-state index contributed by atoms with van der Waals surface area (Å²) in [7, 11) is 0. The number of rotatable bonds is 26. The number of ether oxygens (including phenoxy) is 2. The second-order valence-electron chi connectivity index (χ2n) is 9.69. The fourth-order valence-electron chi connectivity index (χ4n) is 4.02. The molecule has 3 nitrogen and oxygen atoms in total. The van der Waals surface area contributed by atoms with Crippen LogP contribution in [0.4, 0.5) is 4.79 Å². The monoisotopic (exact) mass is 490 g/mol. The first kappa shape index (κ1) is 33.5.